The van der Waals surface area contributed by atoms with Crippen molar-refractivity contribution in [1.29, 1.82) is 0 Å². The summed E-state index contributed by atoms with van der Waals surface area (Å²) in [4.78, 5) is 23.5. The Labute approximate surface area is 170 Å². The highest BCUT2D eigenvalue weighted by atomic mass is 16.5. The van der Waals surface area contributed by atoms with Gasteiger partial charge in [-0.3, -0.25) is 10.6 Å². The number of fused-ring (bicyclic) bond motifs is 1. The van der Waals surface area contributed by atoms with Gasteiger partial charge in [-0.15, -0.1) is 0 Å². The summed E-state index contributed by atoms with van der Waals surface area (Å²) in [5, 5.41) is 18.7. The zero-order chi connectivity index (χ0) is 22.0. The number of aromatic nitrogens is 1. The Morgan fingerprint density at radius 1 is 1.38 bits per heavy atom. The number of pyridine rings is 1. The fourth-order valence-corrected chi connectivity index (χ4v) is 3.49. The van der Waals surface area contributed by atoms with Crippen molar-refractivity contribution >= 4 is 18.3 Å². The van der Waals surface area contributed by atoms with Crippen molar-refractivity contribution in [2.75, 3.05) is 13.7 Å². The number of hydrazine groups is 1. The van der Waals surface area contributed by atoms with Gasteiger partial charge < -0.3 is 31.4 Å². The molecule has 2 aliphatic carbocycles. The van der Waals surface area contributed by atoms with Gasteiger partial charge in [0.05, 0.1) is 36.4 Å². The first-order valence-electron chi connectivity index (χ1n) is 9.32. The molecule has 162 valence electrons. The molecule has 0 bridgehead atoms. The number of carbonyl (C=O) groups is 2. The molecule has 10 heteroatoms. The van der Waals surface area contributed by atoms with Gasteiger partial charge in [0.2, 0.25) is 0 Å². The molecule has 2 atom stereocenters. The molecule has 10 nitrogen and oxygen atoms in total. The average Bonchev–Trinajstić information content (AvgIpc) is 3.10. The summed E-state index contributed by atoms with van der Waals surface area (Å²) in [6.07, 6.45) is 4.02. The second-order valence-electron chi connectivity index (χ2n) is 6.91. The first-order chi connectivity index (χ1) is 13.8. The lowest BCUT2D eigenvalue weighted by Crippen LogP contribution is -2.35. The number of alkyl carbamates (subject to hydrolysis) is 1. The van der Waals surface area contributed by atoms with Crippen LogP contribution < -0.4 is 22.3 Å². The number of nitrogens with one attached hydrogen (secondary N) is 2. The minimum Gasteiger partial charge on any atom is -0.506 e. The molecule has 2 saturated carbocycles. The summed E-state index contributed by atoms with van der Waals surface area (Å²) in [7, 11) is 1.25. The number of aryl methyl sites for hydroxylation is 1. The molecule has 1 aromatic rings. The van der Waals surface area contributed by atoms with E-state index in [9.17, 15) is 9.90 Å². The summed E-state index contributed by atoms with van der Waals surface area (Å²) in [6, 6.07) is 3.03. The maximum Gasteiger partial charge on any atom is 0.407 e. The number of ether oxygens (including phenoxy) is 1. The lowest BCUT2D eigenvalue weighted by atomic mass is 10.2. The number of carboxylic acid groups (broad SMARTS) is 1. The van der Waals surface area contributed by atoms with E-state index in [1.54, 1.807) is 25.8 Å². The smallest absolute Gasteiger partial charge is 0.407 e. The van der Waals surface area contributed by atoms with Crippen LogP contribution in [0.25, 0.3) is 5.70 Å². The van der Waals surface area contributed by atoms with Gasteiger partial charge in [0.1, 0.15) is 5.75 Å². The Bertz CT molecular complexity index is 715. The molecule has 0 aliphatic heterocycles. The van der Waals surface area contributed by atoms with Gasteiger partial charge >= 0.3 is 6.09 Å². The van der Waals surface area contributed by atoms with E-state index in [0.29, 0.717) is 17.1 Å². The molecule has 1 heterocycles. The number of amides is 1. The zero-order valence-electron chi connectivity index (χ0n) is 17.0. The third-order valence-corrected chi connectivity index (χ3v) is 5.26. The third kappa shape index (κ3) is 7.15. The van der Waals surface area contributed by atoms with Crippen LogP contribution >= 0.6 is 0 Å². The van der Waals surface area contributed by atoms with E-state index in [-0.39, 0.29) is 24.5 Å². The van der Waals surface area contributed by atoms with Crippen molar-refractivity contribution in [3.8, 4) is 5.75 Å². The first kappa shape index (κ1) is 24.0. The molecule has 2 unspecified atom stereocenters. The second-order valence-corrected chi connectivity index (χ2v) is 6.91. The van der Waals surface area contributed by atoms with E-state index < -0.39 is 6.09 Å². The van der Waals surface area contributed by atoms with Gasteiger partial charge in [-0.2, -0.15) is 0 Å². The molecule has 2 aliphatic rings. The maximum absolute atomic E-state index is 11.0. The highest BCUT2D eigenvalue weighted by Gasteiger charge is 2.48. The molecule has 2 fully saturated rings. The highest BCUT2D eigenvalue weighted by molar-refractivity contribution is 5.69. The molecule has 29 heavy (non-hydrogen) atoms. The van der Waals surface area contributed by atoms with Crippen molar-refractivity contribution in [3.05, 3.63) is 29.2 Å². The van der Waals surface area contributed by atoms with Gasteiger partial charge in [0.25, 0.3) is 6.47 Å². The van der Waals surface area contributed by atoms with E-state index in [2.05, 4.69) is 27.4 Å². The molecule has 0 aromatic carbocycles. The maximum atomic E-state index is 11.0. The second kappa shape index (κ2) is 11.7. The lowest BCUT2D eigenvalue weighted by molar-refractivity contribution is -0.122. The first-order valence-corrected chi connectivity index (χ1v) is 9.32. The minimum atomic E-state index is -0.601. The van der Waals surface area contributed by atoms with Gasteiger partial charge in [0, 0.05) is 0 Å². The predicted octanol–water partition coefficient (Wildman–Crippen LogP) is 1.30. The molecule has 0 saturated heterocycles. The molecular weight excluding hydrogens is 378 g/mol. The average molecular weight is 409 g/mol. The van der Waals surface area contributed by atoms with Crippen molar-refractivity contribution in [2.45, 2.75) is 33.1 Å². The normalized spacial score (nSPS) is 21.7. The van der Waals surface area contributed by atoms with Crippen LogP contribution in [0, 0.1) is 24.7 Å². The minimum absolute atomic E-state index is 0.0661. The van der Waals surface area contributed by atoms with Crippen molar-refractivity contribution in [1.82, 2.24) is 15.7 Å². The number of nitrogens with zero attached hydrogens (tertiary/aromatic N) is 1. The zero-order valence-corrected chi connectivity index (χ0v) is 17.0. The van der Waals surface area contributed by atoms with E-state index in [4.69, 9.17) is 21.5 Å². The Kier molecular flexibility index (Phi) is 9.73. The molecule has 1 aromatic heterocycles. The number of aromatic hydroxyl groups is 1. The van der Waals surface area contributed by atoms with E-state index in [0.717, 1.165) is 5.92 Å². The van der Waals surface area contributed by atoms with E-state index in [1.807, 2.05) is 0 Å². The SMILES string of the molecule is CC1C2CCCC12.COC(=O)NC/C(NN)=C(/N)c1ccc(O)c(C)n1.O=CO. The number of nitrogens with two attached hydrogens (primary N) is 2. The highest BCUT2D eigenvalue weighted by Crippen LogP contribution is 2.56. The standard InChI is InChI=1S/C11H17N5O3.C7H12.CH2O2/c1-6-9(17)4-3-7(15-6)10(12)8(16-13)5-14-11(18)19-2;1-5-6-3-2-4-7(5)6;2-1-3/h3-4,16-17H,5,12-13H2,1-2H3,(H,14,18);5-7H,2-4H2,1H3;1H,(H,2,3)/b10-8-;;. The Balaban J connectivity index is 0.000000339. The van der Waals surface area contributed by atoms with Crippen molar-refractivity contribution in [3.63, 3.8) is 0 Å². The molecule has 8 N–H and O–H groups in total. The monoisotopic (exact) mass is 409 g/mol. The Morgan fingerprint density at radius 2 is 1.97 bits per heavy atom. The van der Waals surface area contributed by atoms with Crippen molar-refractivity contribution < 1.29 is 24.5 Å². The summed E-state index contributed by atoms with van der Waals surface area (Å²) >= 11 is 0. The fourth-order valence-electron chi connectivity index (χ4n) is 3.49. The van der Waals surface area contributed by atoms with Crippen LogP contribution in [0.4, 0.5) is 4.79 Å². The molecule has 1 amide bonds. The Hall–Kier alpha value is -3.01. The molecule has 3 rings (SSSR count). The van der Waals surface area contributed by atoms with Gasteiger partial charge in [-0.25, -0.2) is 9.78 Å². The van der Waals surface area contributed by atoms with E-state index in [1.165, 1.54) is 31.4 Å². The topological polar surface area (TPSA) is 173 Å². The molecule has 0 radical (unpaired) electrons. The van der Waals surface area contributed by atoms with E-state index >= 15 is 0 Å². The number of methoxy groups -OCH3 is 1. The van der Waals surface area contributed by atoms with Gasteiger partial charge in [0.15, 0.2) is 0 Å². The van der Waals surface area contributed by atoms with Crippen LogP contribution in [0.15, 0.2) is 17.8 Å². The molecule has 0 spiro atoms. The van der Waals surface area contributed by atoms with Crippen LogP contribution in [-0.4, -0.2) is 41.4 Å². The summed E-state index contributed by atoms with van der Waals surface area (Å²) in [6.45, 7) is 3.86. The van der Waals surface area contributed by atoms with Crippen molar-refractivity contribution in [2.24, 2.45) is 29.3 Å². The molecular formula is C19H31N5O5. The largest absolute Gasteiger partial charge is 0.506 e. The van der Waals surface area contributed by atoms with Crippen LogP contribution in [-0.2, 0) is 9.53 Å². The fraction of sp³-hybridized carbons (Fsp3) is 0.526. The quantitative estimate of drug-likeness (QED) is 0.243. The van der Waals surface area contributed by atoms with Gasteiger partial charge in [-0.1, -0.05) is 13.3 Å². The van der Waals surface area contributed by atoms with Crippen LogP contribution in [0.2, 0.25) is 0 Å². The van der Waals surface area contributed by atoms with Crippen LogP contribution in [0.3, 0.4) is 0 Å². The van der Waals surface area contributed by atoms with Crippen LogP contribution in [0.5, 0.6) is 5.75 Å². The summed E-state index contributed by atoms with van der Waals surface area (Å²) in [5.41, 5.74) is 9.82. The Morgan fingerprint density at radius 3 is 2.38 bits per heavy atom. The number of hydrogen-bond acceptors (Lipinski definition) is 8. The van der Waals surface area contributed by atoms with Crippen LogP contribution in [0.1, 0.15) is 37.6 Å². The van der Waals surface area contributed by atoms with Gasteiger partial charge in [-0.05, 0) is 49.7 Å². The summed E-state index contributed by atoms with van der Waals surface area (Å²) < 4.78 is 4.43. The lowest BCUT2D eigenvalue weighted by Gasteiger charge is -2.12. The predicted molar refractivity (Wildman–Crippen MR) is 108 cm³/mol. The third-order valence-electron chi connectivity index (χ3n) is 5.26. The number of carbonyl (C=O) groups excluding carboxylic acids is 1. The number of rotatable bonds is 4. The summed E-state index contributed by atoms with van der Waals surface area (Å²) in [5.74, 6) is 8.91. The number of hydrogen-bond donors (Lipinski definition) is 6.